The summed E-state index contributed by atoms with van der Waals surface area (Å²) < 4.78 is 11.0. The second kappa shape index (κ2) is 7.50. The van der Waals surface area contributed by atoms with Crippen molar-refractivity contribution in [1.29, 1.82) is 0 Å². The molecular formula is C16H26N2O2. The molecule has 1 aromatic rings. The molecule has 2 N–H and O–H groups in total. The second-order valence-corrected chi connectivity index (χ2v) is 5.56. The molecule has 1 fully saturated rings. The third-order valence-electron chi connectivity index (χ3n) is 3.71. The average molecular weight is 278 g/mol. The van der Waals surface area contributed by atoms with E-state index in [9.17, 15) is 0 Å². The van der Waals surface area contributed by atoms with E-state index in [4.69, 9.17) is 15.2 Å². The van der Waals surface area contributed by atoms with Crippen LogP contribution in [-0.2, 0) is 4.74 Å². The fourth-order valence-electron chi connectivity index (χ4n) is 2.57. The van der Waals surface area contributed by atoms with Gasteiger partial charge in [-0.25, -0.2) is 0 Å². The summed E-state index contributed by atoms with van der Waals surface area (Å²) in [5.41, 5.74) is 7.25. The summed E-state index contributed by atoms with van der Waals surface area (Å²) in [6, 6.07) is 8.59. The third kappa shape index (κ3) is 4.39. The van der Waals surface area contributed by atoms with Crippen molar-refractivity contribution in [3.05, 3.63) is 24.3 Å². The number of nitrogens with two attached hydrogens (primary N) is 1. The Labute approximate surface area is 121 Å². The summed E-state index contributed by atoms with van der Waals surface area (Å²) >= 11 is 0. The second-order valence-electron chi connectivity index (χ2n) is 5.56. The van der Waals surface area contributed by atoms with E-state index < -0.39 is 0 Å². The molecule has 0 amide bonds. The van der Waals surface area contributed by atoms with E-state index in [1.54, 1.807) is 7.11 Å². The zero-order chi connectivity index (χ0) is 14.4. The minimum atomic E-state index is 0.161. The van der Waals surface area contributed by atoms with E-state index in [-0.39, 0.29) is 12.1 Å². The highest BCUT2D eigenvalue weighted by Crippen LogP contribution is 2.24. The molecule has 4 nitrogen and oxygen atoms in total. The van der Waals surface area contributed by atoms with Crippen LogP contribution < -0.4 is 15.4 Å². The first-order valence-electron chi connectivity index (χ1n) is 7.45. The van der Waals surface area contributed by atoms with Crippen LogP contribution in [-0.4, -0.2) is 39.0 Å². The Morgan fingerprint density at radius 2 is 2.30 bits per heavy atom. The van der Waals surface area contributed by atoms with Gasteiger partial charge in [-0.3, -0.25) is 0 Å². The number of methoxy groups -OCH3 is 1. The third-order valence-corrected chi connectivity index (χ3v) is 3.71. The molecule has 4 heteroatoms. The normalized spacial score (nSPS) is 20.8. The molecule has 0 saturated carbocycles. The summed E-state index contributed by atoms with van der Waals surface area (Å²) in [5, 5.41) is 0. The molecule has 2 atom stereocenters. The summed E-state index contributed by atoms with van der Waals surface area (Å²) in [6.45, 7) is 4.81. The predicted octanol–water partition coefficient (Wildman–Crippen LogP) is 2.42. The van der Waals surface area contributed by atoms with E-state index in [2.05, 4.69) is 24.0 Å². The van der Waals surface area contributed by atoms with Crippen LogP contribution in [0.5, 0.6) is 5.75 Å². The van der Waals surface area contributed by atoms with Crippen LogP contribution in [0.1, 0.15) is 26.2 Å². The van der Waals surface area contributed by atoms with E-state index in [1.165, 1.54) is 5.69 Å². The topological polar surface area (TPSA) is 47.7 Å². The molecule has 0 spiro atoms. The molecule has 1 aliphatic heterocycles. The number of hydrogen-bond acceptors (Lipinski definition) is 4. The van der Waals surface area contributed by atoms with Gasteiger partial charge in [0, 0.05) is 51.0 Å². The van der Waals surface area contributed by atoms with Gasteiger partial charge in [-0.2, -0.15) is 0 Å². The highest BCUT2D eigenvalue weighted by molar-refractivity contribution is 5.51. The number of anilines is 1. The maximum atomic E-state index is 6.05. The number of rotatable bonds is 6. The number of ether oxygens (including phenoxy) is 2. The van der Waals surface area contributed by atoms with Crippen LogP contribution in [0.3, 0.4) is 0 Å². The van der Waals surface area contributed by atoms with Gasteiger partial charge in [0.1, 0.15) is 5.75 Å². The van der Waals surface area contributed by atoms with Gasteiger partial charge >= 0.3 is 0 Å². The molecule has 1 saturated heterocycles. The quantitative estimate of drug-likeness (QED) is 0.868. The van der Waals surface area contributed by atoms with Crippen LogP contribution >= 0.6 is 0 Å². The summed E-state index contributed by atoms with van der Waals surface area (Å²) in [7, 11) is 1.72. The van der Waals surface area contributed by atoms with Gasteiger partial charge in [-0.15, -0.1) is 0 Å². The number of benzene rings is 1. The molecule has 1 aromatic carbocycles. The minimum Gasteiger partial charge on any atom is -0.491 e. The van der Waals surface area contributed by atoms with Crippen LogP contribution in [0.2, 0.25) is 0 Å². The van der Waals surface area contributed by atoms with Crippen molar-refractivity contribution in [2.45, 2.75) is 38.3 Å². The Morgan fingerprint density at radius 1 is 1.45 bits per heavy atom. The SMILES string of the molecule is COCCC(C)Oc1cccc(N2CCCC(N)C2)c1. The van der Waals surface area contributed by atoms with Gasteiger partial charge < -0.3 is 20.1 Å². The van der Waals surface area contributed by atoms with Gasteiger partial charge in [0.25, 0.3) is 0 Å². The van der Waals surface area contributed by atoms with Crippen molar-refractivity contribution < 1.29 is 9.47 Å². The van der Waals surface area contributed by atoms with Crippen molar-refractivity contribution in [1.82, 2.24) is 0 Å². The van der Waals surface area contributed by atoms with Crippen LogP contribution in [0.4, 0.5) is 5.69 Å². The van der Waals surface area contributed by atoms with Gasteiger partial charge in [0.2, 0.25) is 0 Å². The molecule has 0 aromatic heterocycles. The lowest BCUT2D eigenvalue weighted by Crippen LogP contribution is -2.42. The molecule has 0 radical (unpaired) electrons. The Morgan fingerprint density at radius 3 is 3.05 bits per heavy atom. The number of hydrogen-bond donors (Lipinski definition) is 1. The highest BCUT2D eigenvalue weighted by Gasteiger charge is 2.17. The van der Waals surface area contributed by atoms with E-state index in [0.717, 1.165) is 44.7 Å². The first-order chi connectivity index (χ1) is 9.69. The van der Waals surface area contributed by atoms with E-state index in [1.807, 2.05) is 12.1 Å². The largest absolute Gasteiger partial charge is 0.491 e. The maximum absolute atomic E-state index is 6.05. The molecule has 2 unspecified atom stereocenters. The molecule has 0 aliphatic carbocycles. The molecule has 1 aliphatic rings. The Balaban J connectivity index is 1.96. The highest BCUT2D eigenvalue weighted by atomic mass is 16.5. The Bertz CT molecular complexity index is 411. The van der Waals surface area contributed by atoms with Crippen LogP contribution in [0.15, 0.2) is 24.3 Å². The van der Waals surface area contributed by atoms with Crippen molar-refractivity contribution in [3.8, 4) is 5.75 Å². The average Bonchev–Trinajstić information content (AvgIpc) is 2.45. The van der Waals surface area contributed by atoms with Gasteiger partial charge in [-0.05, 0) is 31.9 Å². The zero-order valence-corrected chi connectivity index (χ0v) is 12.5. The van der Waals surface area contributed by atoms with Gasteiger partial charge in [0.05, 0.1) is 6.10 Å². The number of piperidine rings is 1. The molecule has 20 heavy (non-hydrogen) atoms. The fourth-order valence-corrected chi connectivity index (χ4v) is 2.57. The number of nitrogens with zero attached hydrogens (tertiary/aromatic N) is 1. The van der Waals surface area contributed by atoms with Crippen LogP contribution in [0, 0.1) is 0 Å². The standard InChI is InChI=1S/C16H26N2O2/c1-13(8-10-19-2)20-16-7-3-6-15(11-16)18-9-4-5-14(17)12-18/h3,6-7,11,13-14H,4-5,8-10,12,17H2,1-2H3. The lowest BCUT2D eigenvalue weighted by Gasteiger charge is -2.32. The lowest BCUT2D eigenvalue weighted by atomic mass is 10.1. The smallest absolute Gasteiger partial charge is 0.121 e. The molecule has 0 bridgehead atoms. The molecular weight excluding hydrogens is 252 g/mol. The zero-order valence-electron chi connectivity index (χ0n) is 12.5. The predicted molar refractivity (Wildman–Crippen MR) is 82.4 cm³/mol. The summed E-state index contributed by atoms with van der Waals surface area (Å²) in [4.78, 5) is 2.35. The van der Waals surface area contributed by atoms with Gasteiger partial charge in [-0.1, -0.05) is 6.07 Å². The maximum Gasteiger partial charge on any atom is 0.121 e. The van der Waals surface area contributed by atoms with Crippen molar-refractivity contribution >= 4 is 5.69 Å². The molecule has 112 valence electrons. The van der Waals surface area contributed by atoms with Gasteiger partial charge in [0.15, 0.2) is 0 Å². The minimum absolute atomic E-state index is 0.161. The molecule has 1 heterocycles. The summed E-state index contributed by atoms with van der Waals surface area (Å²) in [5.74, 6) is 0.922. The van der Waals surface area contributed by atoms with Crippen LogP contribution in [0.25, 0.3) is 0 Å². The monoisotopic (exact) mass is 278 g/mol. The Kier molecular flexibility index (Phi) is 5.68. The fraction of sp³-hybridized carbons (Fsp3) is 0.625. The van der Waals surface area contributed by atoms with E-state index in [0.29, 0.717) is 0 Å². The lowest BCUT2D eigenvalue weighted by molar-refractivity contribution is 0.135. The van der Waals surface area contributed by atoms with Crippen molar-refractivity contribution in [2.24, 2.45) is 5.73 Å². The first kappa shape index (κ1) is 15.1. The van der Waals surface area contributed by atoms with Crippen molar-refractivity contribution in [2.75, 3.05) is 31.7 Å². The van der Waals surface area contributed by atoms with Crippen molar-refractivity contribution in [3.63, 3.8) is 0 Å². The van der Waals surface area contributed by atoms with E-state index >= 15 is 0 Å². The first-order valence-corrected chi connectivity index (χ1v) is 7.45. The molecule has 2 rings (SSSR count). The summed E-state index contributed by atoms with van der Waals surface area (Å²) in [6.07, 6.45) is 3.35. The Hall–Kier alpha value is -1.26.